The van der Waals surface area contributed by atoms with E-state index in [4.69, 9.17) is 18.9 Å². The molecule has 2 aliphatic rings. The second kappa shape index (κ2) is 9.81. The molecule has 2 heterocycles. The number of hydrogen-bond acceptors (Lipinski definition) is 7. The highest BCUT2D eigenvalue weighted by Gasteiger charge is 2.44. The van der Waals surface area contributed by atoms with Crippen LogP contribution in [-0.4, -0.2) is 49.7 Å². The zero-order chi connectivity index (χ0) is 26.1. The summed E-state index contributed by atoms with van der Waals surface area (Å²) in [5.74, 6) is -0.148. The van der Waals surface area contributed by atoms with Gasteiger partial charge in [-0.05, 0) is 60.2 Å². The summed E-state index contributed by atoms with van der Waals surface area (Å²) >= 11 is 0. The van der Waals surface area contributed by atoms with Crippen LogP contribution in [0.5, 0.6) is 23.0 Å². The van der Waals surface area contributed by atoms with Gasteiger partial charge in [0.15, 0.2) is 23.0 Å². The zero-order valence-corrected chi connectivity index (χ0v) is 20.1. The van der Waals surface area contributed by atoms with Gasteiger partial charge in [0.25, 0.3) is 11.8 Å². The monoisotopic (exact) mass is 506 g/mol. The lowest BCUT2D eigenvalue weighted by Crippen LogP contribution is -2.45. The minimum absolute atomic E-state index is 0.0186. The van der Waals surface area contributed by atoms with E-state index in [-0.39, 0.29) is 31.0 Å². The fraction of sp³-hybridized carbons (Fsp3) is 0.222. The SMILES string of the molecule is COc1ccc(C(=O)N(Cc2ccc3c(c2)OCO3)C2CC(=O)N(c3ccc(F)cc3)C2=O)cc1OC. The molecule has 0 spiro atoms. The Morgan fingerprint density at radius 3 is 2.43 bits per heavy atom. The van der Waals surface area contributed by atoms with E-state index in [0.717, 1.165) is 4.90 Å². The number of carbonyl (C=O) groups excluding carboxylic acids is 3. The summed E-state index contributed by atoms with van der Waals surface area (Å²) in [5.41, 5.74) is 1.16. The van der Waals surface area contributed by atoms with Crippen LogP contribution in [-0.2, 0) is 16.1 Å². The van der Waals surface area contributed by atoms with E-state index in [1.807, 2.05) is 0 Å². The van der Waals surface area contributed by atoms with Crippen LogP contribution in [0, 0.1) is 5.82 Å². The summed E-state index contributed by atoms with van der Waals surface area (Å²) in [6, 6.07) is 13.9. The van der Waals surface area contributed by atoms with E-state index in [2.05, 4.69) is 0 Å². The standard InChI is InChI=1S/C27H23FN2O7/c1-34-21-10-4-17(12-23(21)35-2)26(32)29(14-16-3-9-22-24(11-16)37-15-36-22)20-13-25(31)30(27(20)33)19-7-5-18(28)6-8-19/h3-12,20H,13-15H2,1-2H3. The van der Waals surface area contributed by atoms with Crippen molar-refractivity contribution < 1.29 is 37.7 Å². The maximum absolute atomic E-state index is 13.8. The molecule has 9 nitrogen and oxygen atoms in total. The van der Waals surface area contributed by atoms with Gasteiger partial charge in [-0.1, -0.05) is 6.07 Å². The number of halogens is 1. The molecule has 190 valence electrons. The van der Waals surface area contributed by atoms with E-state index in [0.29, 0.717) is 28.6 Å². The molecule has 37 heavy (non-hydrogen) atoms. The summed E-state index contributed by atoms with van der Waals surface area (Å²) in [6.07, 6.45) is -0.222. The first-order chi connectivity index (χ1) is 17.9. The quantitative estimate of drug-likeness (QED) is 0.453. The van der Waals surface area contributed by atoms with Crippen molar-refractivity contribution in [1.82, 2.24) is 4.90 Å². The van der Waals surface area contributed by atoms with Crippen molar-refractivity contribution in [2.75, 3.05) is 25.9 Å². The molecule has 1 unspecified atom stereocenters. The molecule has 0 aromatic heterocycles. The van der Waals surface area contributed by atoms with Crippen molar-refractivity contribution in [2.45, 2.75) is 19.0 Å². The molecule has 0 radical (unpaired) electrons. The van der Waals surface area contributed by atoms with Gasteiger partial charge in [-0.3, -0.25) is 14.4 Å². The van der Waals surface area contributed by atoms with E-state index >= 15 is 0 Å². The third-order valence-corrected chi connectivity index (χ3v) is 6.27. The molecule has 1 fully saturated rings. The fourth-order valence-corrected chi connectivity index (χ4v) is 4.42. The van der Waals surface area contributed by atoms with Crippen LogP contribution in [0.2, 0.25) is 0 Å². The Balaban J connectivity index is 1.51. The molecule has 3 aromatic carbocycles. The maximum atomic E-state index is 13.8. The van der Waals surface area contributed by atoms with Crippen molar-refractivity contribution in [3.63, 3.8) is 0 Å². The first kappa shape index (κ1) is 24.1. The molecule has 2 aliphatic heterocycles. The number of nitrogens with zero attached hydrogens (tertiary/aromatic N) is 2. The highest BCUT2D eigenvalue weighted by molar-refractivity contribution is 6.23. The first-order valence-electron chi connectivity index (χ1n) is 11.4. The lowest BCUT2D eigenvalue weighted by Gasteiger charge is -2.28. The van der Waals surface area contributed by atoms with Crippen molar-refractivity contribution in [3.05, 3.63) is 77.6 Å². The van der Waals surface area contributed by atoms with Gasteiger partial charge in [0.1, 0.15) is 11.9 Å². The molecule has 0 aliphatic carbocycles. The van der Waals surface area contributed by atoms with E-state index < -0.39 is 29.6 Å². The number of ether oxygens (including phenoxy) is 4. The average Bonchev–Trinajstić information content (AvgIpc) is 3.50. The largest absolute Gasteiger partial charge is 0.493 e. The van der Waals surface area contributed by atoms with Crippen molar-refractivity contribution in [3.8, 4) is 23.0 Å². The van der Waals surface area contributed by atoms with Gasteiger partial charge in [-0.15, -0.1) is 0 Å². The molecule has 10 heteroatoms. The molecule has 3 aromatic rings. The zero-order valence-electron chi connectivity index (χ0n) is 20.1. The van der Waals surface area contributed by atoms with Crippen LogP contribution in [0.4, 0.5) is 10.1 Å². The molecule has 1 saturated heterocycles. The Kier molecular flexibility index (Phi) is 6.39. The molecule has 1 atom stereocenters. The number of fused-ring (bicyclic) bond motifs is 1. The normalized spacial score (nSPS) is 16.2. The van der Waals surface area contributed by atoms with Gasteiger partial charge in [0.2, 0.25) is 12.7 Å². The Bertz CT molecular complexity index is 1380. The van der Waals surface area contributed by atoms with Crippen LogP contribution < -0.4 is 23.8 Å². The third kappa shape index (κ3) is 4.53. The number of carbonyl (C=O) groups is 3. The summed E-state index contributed by atoms with van der Waals surface area (Å²) < 4.78 is 34.9. The molecular formula is C27H23FN2O7. The predicted molar refractivity (Wildman–Crippen MR) is 129 cm³/mol. The number of methoxy groups -OCH3 is 2. The number of hydrogen-bond donors (Lipinski definition) is 0. The smallest absolute Gasteiger partial charge is 0.257 e. The molecule has 0 bridgehead atoms. The number of rotatable bonds is 7. The minimum atomic E-state index is -1.08. The van der Waals surface area contributed by atoms with Gasteiger partial charge in [0.05, 0.1) is 26.3 Å². The lowest BCUT2D eigenvalue weighted by atomic mass is 10.1. The highest BCUT2D eigenvalue weighted by Crippen LogP contribution is 2.35. The summed E-state index contributed by atoms with van der Waals surface area (Å²) in [4.78, 5) is 42.6. The van der Waals surface area contributed by atoms with Gasteiger partial charge in [0, 0.05) is 12.1 Å². The predicted octanol–water partition coefficient (Wildman–Crippen LogP) is 3.55. The van der Waals surface area contributed by atoms with Gasteiger partial charge in [-0.2, -0.15) is 0 Å². The van der Waals surface area contributed by atoms with Crippen LogP contribution >= 0.6 is 0 Å². The topological polar surface area (TPSA) is 94.6 Å². The van der Waals surface area contributed by atoms with Gasteiger partial charge < -0.3 is 23.8 Å². The van der Waals surface area contributed by atoms with Crippen molar-refractivity contribution >= 4 is 23.4 Å². The summed E-state index contributed by atoms with van der Waals surface area (Å²) in [5, 5.41) is 0. The Hall–Kier alpha value is -4.60. The summed E-state index contributed by atoms with van der Waals surface area (Å²) in [6.45, 7) is 0.111. The second-order valence-corrected chi connectivity index (χ2v) is 8.45. The molecule has 0 N–H and O–H groups in total. The second-order valence-electron chi connectivity index (χ2n) is 8.45. The minimum Gasteiger partial charge on any atom is -0.493 e. The number of imide groups is 1. The van der Waals surface area contributed by atoms with Crippen LogP contribution in [0.1, 0.15) is 22.3 Å². The molecular weight excluding hydrogens is 483 g/mol. The fourth-order valence-electron chi connectivity index (χ4n) is 4.42. The highest BCUT2D eigenvalue weighted by atomic mass is 19.1. The van der Waals surface area contributed by atoms with Gasteiger partial charge >= 0.3 is 0 Å². The van der Waals surface area contributed by atoms with E-state index in [9.17, 15) is 18.8 Å². The van der Waals surface area contributed by atoms with E-state index in [1.54, 1.807) is 30.3 Å². The van der Waals surface area contributed by atoms with Gasteiger partial charge in [-0.25, -0.2) is 9.29 Å². The van der Waals surface area contributed by atoms with Crippen LogP contribution in [0.15, 0.2) is 60.7 Å². The molecule has 3 amide bonds. The maximum Gasteiger partial charge on any atom is 0.257 e. The van der Waals surface area contributed by atoms with Crippen molar-refractivity contribution in [1.29, 1.82) is 0 Å². The number of amides is 3. The average molecular weight is 506 g/mol. The first-order valence-corrected chi connectivity index (χ1v) is 11.4. The Morgan fingerprint density at radius 2 is 1.70 bits per heavy atom. The molecule has 0 saturated carbocycles. The Labute approximate surface area is 211 Å². The Morgan fingerprint density at radius 1 is 0.973 bits per heavy atom. The number of benzene rings is 3. The van der Waals surface area contributed by atoms with E-state index in [1.165, 1.54) is 49.5 Å². The van der Waals surface area contributed by atoms with Crippen LogP contribution in [0.3, 0.4) is 0 Å². The van der Waals surface area contributed by atoms with Crippen LogP contribution in [0.25, 0.3) is 0 Å². The third-order valence-electron chi connectivity index (χ3n) is 6.27. The number of anilines is 1. The summed E-state index contributed by atoms with van der Waals surface area (Å²) in [7, 11) is 2.94. The lowest BCUT2D eigenvalue weighted by molar-refractivity contribution is -0.122. The molecule has 5 rings (SSSR count). The van der Waals surface area contributed by atoms with Crippen molar-refractivity contribution in [2.24, 2.45) is 0 Å².